The van der Waals surface area contributed by atoms with Crippen LogP contribution in [0.15, 0.2) is 70.7 Å². The number of nitrogens with zero attached hydrogens (tertiary/aromatic N) is 8. The van der Waals surface area contributed by atoms with Gasteiger partial charge in [-0.15, -0.1) is 34.0 Å². The highest BCUT2D eigenvalue weighted by Crippen LogP contribution is 2.50. The molecule has 2 N–H and O–H groups in total. The number of alkyl halides is 1. The smallest absolute Gasteiger partial charge is 0.305 e. The molecule has 0 radical (unpaired) electrons. The van der Waals surface area contributed by atoms with E-state index in [9.17, 15) is 14.4 Å². The van der Waals surface area contributed by atoms with Crippen molar-refractivity contribution in [1.82, 2.24) is 30.1 Å². The Morgan fingerprint density at radius 3 is 1.06 bits per heavy atom. The van der Waals surface area contributed by atoms with E-state index < -0.39 is 5.97 Å². The summed E-state index contributed by atoms with van der Waals surface area (Å²) < 4.78 is 9.75. The molecule has 3 fully saturated rings. The van der Waals surface area contributed by atoms with Gasteiger partial charge >= 0.3 is 17.9 Å². The Morgan fingerprint density at radius 2 is 0.743 bits per heavy atom. The van der Waals surface area contributed by atoms with Crippen molar-refractivity contribution >= 4 is 83.2 Å². The van der Waals surface area contributed by atoms with Gasteiger partial charge in [-0.25, -0.2) is 15.0 Å². The summed E-state index contributed by atoms with van der Waals surface area (Å²) in [6, 6.07) is 21.1. The molecule has 101 heavy (non-hydrogen) atoms. The first-order chi connectivity index (χ1) is 48.0. The Labute approximate surface area is 626 Å². The largest absolute Gasteiger partial charge is 0.481 e. The van der Waals surface area contributed by atoms with E-state index in [4.69, 9.17) is 29.5 Å². The zero-order valence-corrected chi connectivity index (χ0v) is 67.8. The molecule has 0 spiro atoms. The Hall–Kier alpha value is -5.28. The van der Waals surface area contributed by atoms with Crippen LogP contribution >= 0.6 is 49.9 Å². The molecule has 0 atom stereocenters. The van der Waals surface area contributed by atoms with E-state index in [0.29, 0.717) is 26.1 Å². The lowest BCUT2D eigenvalue weighted by atomic mass is 9.63. The van der Waals surface area contributed by atoms with Crippen LogP contribution in [0.2, 0.25) is 0 Å². The summed E-state index contributed by atoms with van der Waals surface area (Å²) in [5.74, 6) is -0.845. The molecule has 15 nitrogen and oxygen atoms in total. The van der Waals surface area contributed by atoms with Crippen LogP contribution in [0.3, 0.4) is 0 Å². The first-order valence-corrected chi connectivity index (χ1v) is 41.6. The number of aliphatic carboxylic acids is 1. The average Bonchev–Trinajstić information content (AvgIpc) is 0.801. The van der Waals surface area contributed by atoms with Gasteiger partial charge in [-0.1, -0.05) is 135 Å². The lowest BCUT2D eigenvalue weighted by Crippen LogP contribution is -2.46. The number of nitrogens with one attached hydrogen (secondary N) is 1. The minimum absolute atomic E-state index is 0.0712. The standard InChI is InChI=1S/C28H41N3O2S.C26H37N3O2S.C21H29N3S.C7H13BrO2/c1-6-33-25(32)9-7-8-14-30-15-17-31(18-16-30)26-29-24(20-34-26)21-10-11-22-23(19-21)28(4,5)13-12-27(22,2)3;1-25(2)10-11-26(3,4)21-17-19(8-9-20(21)25)22-18-32-24(27-22)29-15-13-28(14-16-29)12-6-5-7-23(30)31;1-20(2)7-8-21(3,4)17-13-15(5-6-16(17)20)18-14-25-19(23-18)24-11-9-22-10-12-24;1-2-10-7(9)5-3-4-6-8/h10-11,19-20H,6-9,12-18H2,1-5H3;8-9,17-18H,5-7,10-16H2,1-4H3,(H,30,31);5-6,13-14,22H,7-12H2,1-4H3;2-6H2,1H3. The second-order valence-electron chi connectivity index (χ2n) is 32.6. The zero-order valence-electron chi connectivity index (χ0n) is 63.7. The molecule has 0 bridgehead atoms. The van der Waals surface area contributed by atoms with Crippen LogP contribution in [-0.2, 0) is 56.3 Å². The number of hydrogen-bond acceptors (Lipinski definition) is 17. The van der Waals surface area contributed by atoms with Gasteiger partial charge in [0.2, 0.25) is 0 Å². The molecule has 3 aromatic heterocycles. The molecule has 19 heteroatoms. The summed E-state index contributed by atoms with van der Waals surface area (Å²) in [6.45, 7) is 47.6. The summed E-state index contributed by atoms with van der Waals surface area (Å²) in [7, 11) is 0. The van der Waals surface area contributed by atoms with Crippen LogP contribution in [0, 0.1) is 0 Å². The maximum absolute atomic E-state index is 11.5. The molecular weight excluding hydrogens is 1380 g/mol. The monoisotopic (exact) mass is 1500 g/mol. The van der Waals surface area contributed by atoms with Crippen molar-refractivity contribution in [2.75, 3.05) is 125 Å². The number of carbonyl (C=O) groups is 3. The Morgan fingerprint density at radius 1 is 0.436 bits per heavy atom. The highest BCUT2D eigenvalue weighted by atomic mass is 79.9. The number of unbranched alkanes of at least 4 members (excludes halogenated alkanes) is 3. The fourth-order valence-corrected chi connectivity index (χ4v) is 18.2. The number of rotatable bonds is 22. The second kappa shape index (κ2) is 35.7. The lowest BCUT2D eigenvalue weighted by Gasteiger charge is -2.42. The molecule has 3 aliphatic heterocycles. The zero-order chi connectivity index (χ0) is 72.8. The molecule has 12 rings (SSSR count). The van der Waals surface area contributed by atoms with Gasteiger partial charge in [0.05, 0.1) is 30.3 Å². The number of carboxylic acid groups (broad SMARTS) is 1. The molecule has 3 saturated heterocycles. The van der Waals surface area contributed by atoms with Crippen LogP contribution < -0.4 is 20.0 Å². The van der Waals surface area contributed by atoms with Gasteiger partial charge in [-0.2, -0.15) is 0 Å². The van der Waals surface area contributed by atoms with E-state index in [1.807, 2.05) is 13.8 Å². The quantitative estimate of drug-likeness (QED) is 0.0376. The normalized spacial score (nSPS) is 19.3. The van der Waals surface area contributed by atoms with Gasteiger partial charge in [0.25, 0.3) is 0 Å². The summed E-state index contributed by atoms with van der Waals surface area (Å²) in [6.07, 6.45) is 14.4. The number of ether oxygens (including phenoxy) is 2. The van der Waals surface area contributed by atoms with Crippen LogP contribution in [0.5, 0.6) is 0 Å². The highest BCUT2D eigenvalue weighted by molar-refractivity contribution is 9.09. The lowest BCUT2D eigenvalue weighted by molar-refractivity contribution is -0.144. The first kappa shape index (κ1) is 79.8. The van der Waals surface area contributed by atoms with Crippen molar-refractivity contribution in [3.05, 3.63) is 104 Å². The molecule has 6 aliphatic rings. The van der Waals surface area contributed by atoms with Crippen molar-refractivity contribution in [3.63, 3.8) is 0 Å². The van der Waals surface area contributed by atoms with Gasteiger partial charge in [-0.3, -0.25) is 24.2 Å². The third-order valence-electron chi connectivity index (χ3n) is 22.2. The molecule has 3 aliphatic carbocycles. The van der Waals surface area contributed by atoms with Crippen molar-refractivity contribution in [2.45, 2.75) is 226 Å². The predicted octanol–water partition coefficient (Wildman–Crippen LogP) is 18.2. The third-order valence-corrected chi connectivity index (χ3v) is 25.5. The molecular formula is C82H120BrN9O6S3. The molecule has 6 aromatic rings. The number of benzene rings is 3. The third kappa shape index (κ3) is 21.5. The van der Waals surface area contributed by atoms with E-state index in [-0.39, 0.29) is 50.8 Å². The Balaban J connectivity index is 0.000000166. The fraction of sp³-hybridized carbons (Fsp3) is 0.634. The maximum atomic E-state index is 11.5. The number of hydrogen-bond donors (Lipinski definition) is 2. The summed E-state index contributed by atoms with van der Waals surface area (Å²) >= 11 is 8.57. The van der Waals surface area contributed by atoms with E-state index in [2.05, 4.69) is 200 Å². The van der Waals surface area contributed by atoms with Crippen molar-refractivity contribution in [1.29, 1.82) is 0 Å². The molecule has 554 valence electrons. The van der Waals surface area contributed by atoms with E-state index in [1.165, 1.54) is 88.6 Å². The van der Waals surface area contributed by atoms with Crippen molar-refractivity contribution < 1.29 is 29.0 Å². The molecule has 0 unspecified atom stereocenters. The van der Waals surface area contributed by atoms with Crippen LogP contribution in [0.1, 0.15) is 227 Å². The minimum Gasteiger partial charge on any atom is -0.481 e. The van der Waals surface area contributed by atoms with Gasteiger partial charge in [0.15, 0.2) is 15.4 Å². The number of aromatic nitrogens is 3. The van der Waals surface area contributed by atoms with Crippen LogP contribution in [0.4, 0.5) is 15.4 Å². The molecule has 6 heterocycles. The van der Waals surface area contributed by atoms with Gasteiger partial charge < -0.3 is 34.6 Å². The van der Waals surface area contributed by atoms with Crippen molar-refractivity contribution in [2.24, 2.45) is 0 Å². The van der Waals surface area contributed by atoms with Crippen LogP contribution in [-0.4, -0.2) is 158 Å². The Bertz CT molecular complexity index is 3660. The van der Waals surface area contributed by atoms with E-state index in [1.54, 1.807) is 34.0 Å². The predicted molar refractivity (Wildman–Crippen MR) is 427 cm³/mol. The van der Waals surface area contributed by atoms with Gasteiger partial charge in [0.1, 0.15) is 0 Å². The van der Waals surface area contributed by atoms with Crippen LogP contribution in [0.25, 0.3) is 33.8 Å². The number of anilines is 3. The van der Waals surface area contributed by atoms with E-state index >= 15 is 0 Å². The average molecular weight is 1500 g/mol. The Kier molecular flexibility index (Phi) is 28.2. The number of esters is 2. The number of piperazine rings is 3. The van der Waals surface area contributed by atoms with Gasteiger partial charge in [-0.05, 0) is 188 Å². The van der Waals surface area contributed by atoms with E-state index in [0.717, 1.165) is 168 Å². The number of carboxylic acids is 1. The second-order valence-corrected chi connectivity index (χ2v) is 35.9. The first-order valence-electron chi connectivity index (χ1n) is 37.8. The molecule has 0 amide bonds. The fourth-order valence-electron chi connectivity index (χ4n) is 15.1. The van der Waals surface area contributed by atoms with Crippen molar-refractivity contribution in [3.8, 4) is 33.8 Å². The topological polar surface area (TPSA) is 157 Å². The SMILES string of the molecule is CC1(C)CCC(C)(C)c2cc(-c3csc(N4CCN(CCCCC(=O)O)CC4)n3)ccc21.CC1(C)CCC(C)(C)c2cc(-c3csc(N4CCNCC4)n3)ccc21.CCOC(=O)CCCCBr.CCOC(=O)CCCCN1CCN(c2nc(-c3ccc4c(c3)C(C)(C)CCC4(C)C)cs2)CC1. The summed E-state index contributed by atoms with van der Waals surface area (Å²) in [4.78, 5) is 60.0. The summed E-state index contributed by atoms with van der Waals surface area (Å²) in [5, 5.41) is 23.2. The minimum atomic E-state index is -0.694. The summed E-state index contributed by atoms with van der Waals surface area (Å²) in [5.41, 5.74) is 17.5. The number of thiazole rings is 3. The maximum Gasteiger partial charge on any atom is 0.305 e. The molecule has 0 saturated carbocycles. The number of fused-ring (bicyclic) bond motifs is 3. The van der Waals surface area contributed by atoms with Gasteiger partial charge in [0, 0.05) is 136 Å². The number of halogens is 1. The number of carbonyl (C=O) groups excluding carboxylic acids is 2. The highest BCUT2D eigenvalue weighted by Gasteiger charge is 2.40. The molecule has 3 aromatic carbocycles.